The van der Waals surface area contributed by atoms with Gasteiger partial charge in [-0.2, -0.15) is 0 Å². The number of rotatable bonds is 3. The van der Waals surface area contributed by atoms with Gasteiger partial charge >= 0.3 is 0 Å². The van der Waals surface area contributed by atoms with Crippen molar-refractivity contribution in [1.82, 2.24) is 9.80 Å². The molecule has 22 heavy (non-hydrogen) atoms. The molecule has 118 valence electrons. The predicted molar refractivity (Wildman–Crippen MR) is 84.1 cm³/mol. The van der Waals surface area contributed by atoms with Crippen LogP contribution in [0, 0.1) is 5.92 Å². The fourth-order valence-electron chi connectivity index (χ4n) is 3.56. The SMILES string of the molecule is CCN1CC(C(=O)N2C[C@@H](N)[C@H](c3ccccc3)C2)CC1=O. The zero-order valence-corrected chi connectivity index (χ0v) is 12.9. The number of carbonyl (C=O) groups excluding carboxylic acids is 2. The number of hydrogen-bond acceptors (Lipinski definition) is 3. The van der Waals surface area contributed by atoms with Gasteiger partial charge in [-0.15, -0.1) is 0 Å². The van der Waals surface area contributed by atoms with E-state index >= 15 is 0 Å². The third-order valence-electron chi connectivity index (χ3n) is 4.85. The van der Waals surface area contributed by atoms with E-state index in [0.29, 0.717) is 32.6 Å². The van der Waals surface area contributed by atoms with Gasteiger partial charge < -0.3 is 15.5 Å². The summed E-state index contributed by atoms with van der Waals surface area (Å²) in [5.41, 5.74) is 7.43. The van der Waals surface area contributed by atoms with Crippen LogP contribution >= 0.6 is 0 Å². The normalized spacial score (nSPS) is 28.5. The van der Waals surface area contributed by atoms with Gasteiger partial charge in [-0.3, -0.25) is 9.59 Å². The van der Waals surface area contributed by atoms with E-state index in [4.69, 9.17) is 5.73 Å². The first kappa shape index (κ1) is 15.0. The molecule has 2 aliphatic heterocycles. The van der Waals surface area contributed by atoms with E-state index in [2.05, 4.69) is 12.1 Å². The Morgan fingerprint density at radius 2 is 1.95 bits per heavy atom. The maximum Gasteiger partial charge on any atom is 0.228 e. The van der Waals surface area contributed by atoms with Crippen molar-refractivity contribution in [2.45, 2.75) is 25.3 Å². The van der Waals surface area contributed by atoms with Gasteiger partial charge in [0, 0.05) is 44.6 Å². The minimum absolute atomic E-state index is 0.0364. The third kappa shape index (κ3) is 2.73. The van der Waals surface area contributed by atoms with E-state index in [0.717, 1.165) is 0 Å². The molecule has 0 bridgehead atoms. The van der Waals surface area contributed by atoms with Crippen molar-refractivity contribution in [2.75, 3.05) is 26.2 Å². The van der Waals surface area contributed by atoms with Gasteiger partial charge in [0.15, 0.2) is 0 Å². The predicted octanol–water partition coefficient (Wildman–Crippen LogP) is 0.808. The van der Waals surface area contributed by atoms with Crippen LogP contribution < -0.4 is 5.73 Å². The highest BCUT2D eigenvalue weighted by atomic mass is 16.2. The molecule has 2 aliphatic rings. The first-order valence-corrected chi connectivity index (χ1v) is 7.97. The van der Waals surface area contributed by atoms with Crippen LogP contribution in [0.5, 0.6) is 0 Å². The average molecular weight is 301 g/mol. The van der Waals surface area contributed by atoms with Gasteiger partial charge in [0.1, 0.15) is 0 Å². The molecule has 0 spiro atoms. The molecule has 1 unspecified atom stereocenters. The Morgan fingerprint density at radius 1 is 1.23 bits per heavy atom. The number of hydrogen-bond donors (Lipinski definition) is 1. The van der Waals surface area contributed by atoms with E-state index in [1.807, 2.05) is 30.0 Å². The summed E-state index contributed by atoms with van der Waals surface area (Å²) in [6.07, 6.45) is 0.342. The Kier molecular flexibility index (Phi) is 4.16. The summed E-state index contributed by atoms with van der Waals surface area (Å²) in [6.45, 7) is 4.41. The van der Waals surface area contributed by atoms with E-state index < -0.39 is 0 Å². The minimum atomic E-state index is -0.200. The zero-order chi connectivity index (χ0) is 15.7. The van der Waals surface area contributed by atoms with Crippen LogP contribution in [0.4, 0.5) is 0 Å². The van der Waals surface area contributed by atoms with Crippen molar-refractivity contribution in [3.8, 4) is 0 Å². The monoisotopic (exact) mass is 301 g/mol. The number of amides is 2. The number of nitrogens with zero attached hydrogens (tertiary/aromatic N) is 2. The van der Waals surface area contributed by atoms with Gasteiger partial charge in [-0.05, 0) is 12.5 Å². The second kappa shape index (κ2) is 6.08. The lowest BCUT2D eigenvalue weighted by atomic mass is 9.95. The summed E-state index contributed by atoms with van der Waals surface area (Å²) >= 11 is 0. The molecule has 2 fully saturated rings. The Balaban J connectivity index is 1.67. The Hall–Kier alpha value is -1.88. The number of likely N-dealkylation sites (tertiary alicyclic amines) is 2. The first-order valence-electron chi connectivity index (χ1n) is 7.97. The lowest BCUT2D eigenvalue weighted by molar-refractivity contribution is -0.134. The summed E-state index contributed by atoms with van der Waals surface area (Å²) < 4.78 is 0. The smallest absolute Gasteiger partial charge is 0.228 e. The summed E-state index contributed by atoms with van der Waals surface area (Å²) in [4.78, 5) is 28.1. The maximum absolute atomic E-state index is 12.7. The standard InChI is InChI=1S/C17H23N3O2/c1-2-19-9-13(8-16(19)21)17(22)20-10-14(15(18)11-20)12-6-4-3-5-7-12/h3-7,13-15H,2,8-11,18H2,1H3/t13?,14-,15+/m0/s1. The molecule has 3 atom stereocenters. The zero-order valence-electron chi connectivity index (χ0n) is 12.9. The number of nitrogens with two attached hydrogens (primary N) is 1. The third-order valence-corrected chi connectivity index (χ3v) is 4.85. The molecule has 1 aromatic rings. The lowest BCUT2D eigenvalue weighted by Gasteiger charge is -2.20. The molecule has 5 nitrogen and oxygen atoms in total. The molecular formula is C17H23N3O2. The van der Waals surface area contributed by atoms with Crippen molar-refractivity contribution in [1.29, 1.82) is 0 Å². The topological polar surface area (TPSA) is 66.6 Å². The van der Waals surface area contributed by atoms with Gasteiger partial charge in [-0.25, -0.2) is 0 Å². The Bertz CT molecular complexity index is 560. The van der Waals surface area contributed by atoms with Crippen molar-refractivity contribution < 1.29 is 9.59 Å². The summed E-state index contributed by atoms with van der Waals surface area (Å²) in [7, 11) is 0. The second-order valence-electron chi connectivity index (χ2n) is 6.26. The van der Waals surface area contributed by atoms with Crippen LogP contribution in [0.1, 0.15) is 24.8 Å². The maximum atomic E-state index is 12.7. The van der Waals surface area contributed by atoms with Gasteiger partial charge in [0.25, 0.3) is 0 Å². The molecule has 1 aromatic carbocycles. The van der Waals surface area contributed by atoms with Crippen LogP contribution in [-0.2, 0) is 9.59 Å². The largest absolute Gasteiger partial charge is 0.342 e. The fraction of sp³-hybridized carbons (Fsp3) is 0.529. The van der Waals surface area contributed by atoms with Crippen LogP contribution in [0.3, 0.4) is 0 Å². The first-order chi connectivity index (χ1) is 10.6. The molecule has 2 heterocycles. The molecule has 0 radical (unpaired) electrons. The van der Waals surface area contributed by atoms with E-state index in [1.54, 1.807) is 4.90 Å². The quantitative estimate of drug-likeness (QED) is 0.898. The van der Waals surface area contributed by atoms with Crippen LogP contribution in [0.15, 0.2) is 30.3 Å². The van der Waals surface area contributed by atoms with E-state index in [9.17, 15) is 9.59 Å². The summed E-state index contributed by atoms with van der Waals surface area (Å²) in [5.74, 6) is 0.154. The minimum Gasteiger partial charge on any atom is -0.342 e. The van der Waals surface area contributed by atoms with Crippen molar-refractivity contribution in [2.24, 2.45) is 11.7 Å². The highest BCUT2D eigenvalue weighted by Gasteiger charge is 2.40. The Morgan fingerprint density at radius 3 is 2.59 bits per heavy atom. The molecule has 2 amide bonds. The van der Waals surface area contributed by atoms with Crippen molar-refractivity contribution >= 4 is 11.8 Å². The van der Waals surface area contributed by atoms with E-state index in [1.165, 1.54) is 5.56 Å². The fourth-order valence-corrected chi connectivity index (χ4v) is 3.56. The highest BCUT2D eigenvalue weighted by molar-refractivity contribution is 5.89. The van der Waals surface area contributed by atoms with Gasteiger partial charge in [-0.1, -0.05) is 30.3 Å². The molecule has 0 saturated carbocycles. The number of benzene rings is 1. The molecular weight excluding hydrogens is 278 g/mol. The van der Waals surface area contributed by atoms with Crippen molar-refractivity contribution in [3.63, 3.8) is 0 Å². The highest BCUT2D eigenvalue weighted by Crippen LogP contribution is 2.29. The van der Waals surface area contributed by atoms with E-state index in [-0.39, 0.29) is 29.7 Å². The van der Waals surface area contributed by atoms with Crippen LogP contribution in [-0.4, -0.2) is 53.8 Å². The van der Waals surface area contributed by atoms with Crippen molar-refractivity contribution in [3.05, 3.63) is 35.9 Å². The average Bonchev–Trinajstić information content (AvgIpc) is 3.10. The Labute approximate surface area is 131 Å². The van der Waals surface area contributed by atoms with Gasteiger partial charge in [0.2, 0.25) is 11.8 Å². The molecule has 3 rings (SSSR count). The second-order valence-corrected chi connectivity index (χ2v) is 6.26. The lowest BCUT2D eigenvalue weighted by Crippen LogP contribution is -2.37. The van der Waals surface area contributed by atoms with Crippen LogP contribution in [0.2, 0.25) is 0 Å². The number of carbonyl (C=O) groups is 2. The molecule has 5 heteroatoms. The summed E-state index contributed by atoms with van der Waals surface area (Å²) in [5, 5.41) is 0. The molecule has 2 N–H and O–H groups in total. The molecule has 0 aliphatic carbocycles. The molecule has 2 saturated heterocycles. The molecule has 0 aromatic heterocycles. The van der Waals surface area contributed by atoms with Gasteiger partial charge in [0.05, 0.1) is 5.92 Å². The van der Waals surface area contributed by atoms with Crippen LogP contribution in [0.25, 0.3) is 0 Å². The summed E-state index contributed by atoms with van der Waals surface area (Å²) in [6, 6.07) is 10.1.